The van der Waals surface area contributed by atoms with Crippen LogP contribution in [0.25, 0.3) is 10.9 Å². The number of fused-ring (bicyclic) bond motifs is 1. The second-order valence-corrected chi connectivity index (χ2v) is 4.35. The molecule has 1 aromatic heterocycles. The van der Waals surface area contributed by atoms with Gasteiger partial charge in [-0.05, 0) is 19.1 Å². The zero-order valence-electron chi connectivity index (χ0n) is 11.5. The summed E-state index contributed by atoms with van der Waals surface area (Å²) in [5.41, 5.74) is 0.269. The maximum Gasteiger partial charge on any atom is 0.313 e. The van der Waals surface area contributed by atoms with Crippen molar-refractivity contribution in [2.45, 2.75) is 13.3 Å². The van der Waals surface area contributed by atoms with E-state index >= 15 is 0 Å². The smallest absolute Gasteiger partial charge is 0.313 e. The average molecular weight is 289 g/mol. The number of pyridine rings is 1. The van der Waals surface area contributed by atoms with Gasteiger partial charge < -0.3 is 14.5 Å². The van der Waals surface area contributed by atoms with E-state index in [1.54, 1.807) is 25.1 Å². The normalized spacial score (nSPS) is 10.3. The number of aromatic nitrogens is 1. The molecule has 0 saturated heterocycles. The summed E-state index contributed by atoms with van der Waals surface area (Å²) in [6.07, 6.45) is -0.324. The highest BCUT2D eigenvalue weighted by atomic mass is 16.5. The molecule has 110 valence electrons. The maximum absolute atomic E-state index is 11.6. The third kappa shape index (κ3) is 3.92. The molecule has 1 N–H and O–H groups in total. The topological polar surface area (TPSA) is 85.5 Å². The first-order chi connectivity index (χ1) is 10.1. The Kier molecular flexibility index (Phi) is 4.71. The minimum Gasteiger partial charge on any atom is -0.484 e. The average Bonchev–Trinajstić information content (AvgIpc) is 2.45. The van der Waals surface area contributed by atoms with Crippen LogP contribution in [0.2, 0.25) is 0 Å². The van der Waals surface area contributed by atoms with Crippen molar-refractivity contribution in [3.63, 3.8) is 0 Å². The second-order valence-electron chi connectivity index (χ2n) is 4.35. The van der Waals surface area contributed by atoms with Gasteiger partial charge in [0.15, 0.2) is 5.78 Å². The summed E-state index contributed by atoms with van der Waals surface area (Å²) >= 11 is 0. The lowest BCUT2D eigenvalue weighted by molar-refractivity contribution is -0.145. The molecule has 0 aliphatic heterocycles. The first kappa shape index (κ1) is 14.8. The highest BCUT2D eigenvalue weighted by Gasteiger charge is 2.12. The Bertz CT molecular complexity index is 719. The number of hydrogen-bond donors (Lipinski definition) is 1. The largest absolute Gasteiger partial charge is 0.484 e. The van der Waals surface area contributed by atoms with Crippen LogP contribution >= 0.6 is 0 Å². The van der Waals surface area contributed by atoms with E-state index in [1.807, 2.05) is 6.07 Å². The van der Waals surface area contributed by atoms with Crippen LogP contribution in [0.3, 0.4) is 0 Å². The molecular formula is C15H15NO5. The number of carbonyl (C=O) groups excluding carboxylic acids is 2. The van der Waals surface area contributed by atoms with Crippen molar-refractivity contribution in [2.75, 3.05) is 13.2 Å². The number of benzene rings is 1. The number of rotatable bonds is 6. The molecule has 0 aliphatic rings. The summed E-state index contributed by atoms with van der Waals surface area (Å²) in [6, 6.07) is 8.31. The molecule has 0 aliphatic carbocycles. The number of carbonyl (C=O) groups is 2. The highest BCUT2D eigenvalue weighted by Crippen LogP contribution is 2.21. The van der Waals surface area contributed by atoms with Gasteiger partial charge in [0.2, 0.25) is 5.56 Å². The molecule has 0 saturated carbocycles. The zero-order chi connectivity index (χ0) is 15.2. The van der Waals surface area contributed by atoms with Crippen LogP contribution in [-0.2, 0) is 14.3 Å². The number of H-pyrrole nitrogens is 1. The number of esters is 1. The molecular weight excluding hydrogens is 274 g/mol. The van der Waals surface area contributed by atoms with Crippen LogP contribution in [0.15, 0.2) is 35.1 Å². The fourth-order valence-electron chi connectivity index (χ4n) is 1.85. The summed E-state index contributed by atoms with van der Waals surface area (Å²) in [5, 5.41) is 0.796. The lowest BCUT2D eigenvalue weighted by atomic mass is 10.2. The number of Topliss-reactive ketones (excluding diaryl/α,β-unsaturated/α-hetero) is 1. The molecule has 6 nitrogen and oxygen atoms in total. The van der Waals surface area contributed by atoms with Crippen molar-refractivity contribution >= 4 is 22.7 Å². The second kappa shape index (κ2) is 6.69. The lowest BCUT2D eigenvalue weighted by Crippen LogP contribution is -2.17. The van der Waals surface area contributed by atoms with Gasteiger partial charge >= 0.3 is 5.97 Å². The van der Waals surface area contributed by atoms with Gasteiger partial charge in [-0.15, -0.1) is 0 Å². The molecule has 2 aromatic rings. The molecule has 1 heterocycles. The minimum atomic E-state index is -0.572. The molecule has 21 heavy (non-hydrogen) atoms. The van der Waals surface area contributed by atoms with E-state index < -0.39 is 5.97 Å². The summed E-state index contributed by atoms with van der Waals surface area (Å²) in [4.78, 5) is 36.8. The van der Waals surface area contributed by atoms with Crippen LogP contribution in [0.5, 0.6) is 5.75 Å². The van der Waals surface area contributed by atoms with E-state index in [9.17, 15) is 14.4 Å². The first-order valence-corrected chi connectivity index (χ1v) is 6.52. The molecule has 0 unspecified atom stereocenters. The van der Waals surface area contributed by atoms with Crippen molar-refractivity contribution in [1.82, 2.24) is 4.98 Å². The Labute approximate surface area is 120 Å². The van der Waals surface area contributed by atoms with E-state index in [4.69, 9.17) is 4.74 Å². The summed E-state index contributed by atoms with van der Waals surface area (Å²) in [6.45, 7) is 1.65. The standard InChI is InChI=1S/C15H15NO5/c1-2-20-14(19)8-11(17)9-21-12-5-3-4-10-6-7-13(18)16-15(10)12/h3-7H,2,8-9H2,1H3,(H,16,18). The Morgan fingerprint density at radius 1 is 1.19 bits per heavy atom. The number of ketones is 1. The fraction of sp³-hybridized carbons (Fsp3) is 0.267. The third-order valence-corrected chi connectivity index (χ3v) is 2.76. The molecule has 0 radical (unpaired) electrons. The Morgan fingerprint density at radius 2 is 2.00 bits per heavy atom. The van der Waals surface area contributed by atoms with Crippen molar-refractivity contribution in [3.05, 3.63) is 40.7 Å². The van der Waals surface area contributed by atoms with Gasteiger partial charge in [-0.2, -0.15) is 0 Å². The SMILES string of the molecule is CCOC(=O)CC(=O)COc1cccc2ccc(=O)[nH]c12. The number of hydrogen-bond acceptors (Lipinski definition) is 5. The van der Waals surface area contributed by atoms with Gasteiger partial charge in [-0.25, -0.2) is 0 Å². The molecule has 2 rings (SSSR count). The van der Waals surface area contributed by atoms with Crippen LogP contribution in [0.4, 0.5) is 0 Å². The van der Waals surface area contributed by atoms with Gasteiger partial charge in [0.1, 0.15) is 18.8 Å². The van der Waals surface area contributed by atoms with Crippen molar-refractivity contribution < 1.29 is 19.1 Å². The summed E-state index contributed by atoms with van der Waals surface area (Å²) in [5.74, 6) is -0.566. The number of aromatic amines is 1. The third-order valence-electron chi connectivity index (χ3n) is 2.76. The van der Waals surface area contributed by atoms with Crippen LogP contribution in [0.1, 0.15) is 13.3 Å². The van der Waals surface area contributed by atoms with Gasteiger partial charge in [0.05, 0.1) is 12.1 Å². The molecule has 0 bridgehead atoms. The van der Waals surface area contributed by atoms with Crippen LogP contribution < -0.4 is 10.3 Å². The number of para-hydroxylation sites is 1. The molecule has 0 spiro atoms. The predicted molar refractivity (Wildman–Crippen MR) is 76.3 cm³/mol. The van der Waals surface area contributed by atoms with E-state index in [-0.39, 0.29) is 31.0 Å². The Morgan fingerprint density at radius 3 is 2.76 bits per heavy atom. The van der Waals surface area contributed by atoms with Crippen LogP contribution in [0, 0.1) is 0 Å². The van der Waals surface area contributed by atoms with Crippen molar-refractivity contribution in [3.8, 4) is 5.75 Å². The summed E-state index contributed by atoms with van der Waals surface area (Å²) < 4.78 is 10.1. The van der Waals surface area contributed by atoms with Crippen molar-refractivity contribution in [2.24, 2.45) is 0 Å². The molecule has 0 atom stereocenters. The van der Waals surface area contributed by atoms with E-state index in [0.29, 0.717) is 11.3 Å². The molecule has 6 heteroatoms. The highest BCUT2D eigenvalue weighted by molar-refractivity contribution is 5.96. The first-order valence-electron chi connectivity index (χ1n) is 6.52. The molecule has 1 aromatic carbocycles. The number of ether oxygens (including phenoxy) is 2. The van der Waals surface area contributed by atoms with Gasteiger partial charge in [-0.3, -0.25) is 14.4 Å². The monoisotopic (exact) mass is 289 g/mol. The molecule has 0 amide bonds. The van der Waals surface area contributed by atoms with Gasteiger partial charge in [0, 0.05) is 11.5 Å². The van der Waals surface area contributed by atoms with Gasteiger partial charge in [0.25, 0.3) is 0 Å². The van der Waals surface area contributed by atoms with Crippen LogP contribution in [-0.4, -0.2) is 30.0 Å². The van der Waals surface area contributed by atoms with E-state index in [1.165, 1.54) is 6.07 Å². The lowest BCUT2D eigenvalue weighted by Gasteiger charge is -2.08. The van der Waals surface area contributed by atoms with E-state index in [0.717, 1.165) is 5.39 Å². The maximum atomic E-state index is 11.6. The Hall–Kier alpha value is -2.63. The predicted octanol–water partition coefficient (Wildman–Crippen LogP) is 1.43. The number of nitrogens with one attached hydrogen (secondary N) is 1. The minimum absolute atomic E-state index is 0.234. The zero-order valence-corrected chi connectivity index (χ0v) is 11.5. The fourth-order valence-corrected chi connectivity index (χ4v) is 1.85. The molecule has 0 fully saturated rings. The van der Waals surface area contributed by atoms with Crippen molar-refractivity contribution in [1.29, 1.82) is 0 Å². The quantitative estimate of drug-likeness (QED) is 0.642. The van der Waals surface area contributed by atoms with E-state index in [2.05, 4.69) is 9.72 Å². The Balaban J connectivity index is 2.07. The summed E-state index contributed by atoms with van der Waals surface area (Å²) in [7, 11) is 0. The van der Waals surface area contributed by atoms with Gasteiger partial charge in [-0.1, -0.05) is 12.1 Å².